The second kappa shape index (κ2) is 22.0. The Morgan fingerprint density at radius 1 is 0.509 bits per heavy atom. The van der Waals surface area contributed by atoms with E-state index >= 15 is 0 Å². The van der Waals surface area contributed by atoms with E-state index in [4.69, 9.17) is 29.2 Å². The fourth-order valence-corrected chi connectivity index (χ4v) is 6.37. The van der Waals surface area contributed by atoms with Gasteiger partial charge >= 0.3 is 0 Å². The molecule has 8 heteroatoms. The van der Waals surface area contributed by atoms with Gasteiger partial charge in [0.05, 0.1) is 30.9 Å². The van der Waals surface area contributed by atoms with Gasteiger partial charge in [0.1, 0.15) is 28.7 Å². The fraction of sp³-hybridized carbons (Fsp3) is 0.533. The van der Waals surface area contributed by atoms with Crippen molar-refractivity contribution in [2.45, 2.75) is 119 Å². The Kier molecular flexibility index (Phi) is 17.2. The number of nitrogens with zero attached hydrogens (tertiary/aromatic N) is 3. The number of phenols is 2. The standard InChI is InChI=1S/C45H63N3O5/c1-7-13-16-32(10-4)29-51-37-23-25-39(41(50)27-37)44-46-43(35-19-21-36(49)22-20-35)47-45(48-44)40-26-24-38(52-30-33(11-5)17-14-8-2)28-42(40)53-31-34(12-6)18-15-9-3/h19-28,32-34,49-50H,7-18,29-31H2,1-6H3. The third kappa shape index (κ3) is 12.6. The van der Waals surface area contributed by atoms with Gasteiger partial charge in [-0.25, -0.2) is 15.0 Å². The van der Waals surface area contributed by atoms with E-state index in [0.717, 1.165) is 63.5 Å². The molecule has 0 spiro atoms. The first-order chi connectivity index (χ1) is 25.8. The molecule has 1 aromatic heterocycles. The molecule has 0 radical (unpaired) electrons. The van der Waals surface area contributed by atoms with E-state index in [2.05, 4.69) is 41.5 Å². The number of aromatic hydroxyl groups is 2. The second-order valence-corrected chi connectivity index (χ2v) is 14.4. The molecule has 288 valence electrons. The van der Waals surface area contributed by atoms with Crippen molar-refractivity contribution in [2.24, 2.45) is 17.8 Å². The van der Waals surface area contributed by atoms with Crippen LogP contribution in [0.25, 0.3) is 34.2 Å². The summed E-state index contributed by atoms with van der Waals surface area (Å²) in [5, 5.41) is 21.3. The number of benzene rings is 3. The van der Waals surface area contributed by atoms with Crippen LogP contribution >= 0.6 is 0 Å². The largest absolute Gasteiger partial charge is 0.508 e. The average molecular weight is 726 g/mol. The van der Waals surface area contributed by atoms with Gasteiger partial charge in [0, 0.05) is 17.7 Å². The molecule has 0 aliphatic rings. The van der Waals surface area contributed by atoms with Gasteiger partial charge in [-0.2, -0.15) is 0 Å². The third-order valence-electron chi connectivity index (χ3n) is 10.2. The molecule has 2 N–H and O–H groups in total. The number of hydrogen-bond acceptors (Lipinski definition) is 8. The Bertz CT molecular complexity index is 1660. The summed E-state index contributed by atoms with van der Waals surface area (Å²) in [6.45, 7) is 15.1. The number of phenolic OH excluding ortho intramolecular Hbond substituents is 2. The van der Waals surface area contributed by atoms with Gasteiger partial charge in [-0.3, -0.25) is 0 Å². The summed E-state index contributed by atoms with van der Waals surface area (Å²) in [6, 6.07) is 17.9. The summed E-state index contributed by atoms with van der Waals surface area (Å²) < 4.78 is 19.1. The van der Waals surface area contributed by atoms with E-state index in [0.29, 0.717) is 83.2 Å². The van der Waals surface area contributed by atoms with Crippen LogP contribution < -0.4 is 14.2 Å². The lowest BCUT2D eigenvalue weighted by Gasteiger charge is -2.20. The van der Waals surface area contributed by atoms with Gasteiger partial charge in [-0.1, -0.05) is 99.3 Å². The zero-order chi connectivity index (χ0) is 38.0. The van der Waals surface area contributed by atoms with Crippen LogP contribution in [0.2, 0.25) is 0 Å². The minimum Gasteiger partial charge on any atom is -0.508 e. The lowest BCUT2D eigenvalue weighted by atomic mass is 10.0. The molecule has 4 rings (SSSR count). The minimum atomic E-state index is 0.0217. The van der Waals surface area contributed by atoms with E-state index in [1.54, 1.807) is 36.4 Å². The van der Waals surface area contributed by atoms with Gasteiger partial charge in [-0.15, -0.1) is 0 Å². The molecule has 0 bridgehead atoms. The summed E-state index contributed by atoms with van der Waals surface area (Å²) in [5.41, 5.74) is 1.88. The lowest BCUT2D eigenvalue weighted by Crippen LogP contribution is -2.13. The van der Waals surface area contributed by atoms with Crippen molar-refractivity contribution in [1.29, 1.82) is 0 Å². The van der Waals surface area contributed by atoms with Crippen molar-refractivity contribution in [1.82, 2.24) is 15.0 Å². The summed E-state index contributed by atoms with van der Waals surface area (Å²) in [7, 11) is 0. The molecule has 0 saturated carbocycles. The Labute approximate surface area is 318 Å². The van der Waals surface area contributed by atoms with Crippen molar-refractivity contribution < 1.29 is 24.4 Å². The van der Waals surface area contributed by atoms with Gasteiger partial charge in [0.25, 0.3) is 0 Å². The van der Waals surface area contributed by atoms with Crippen molar-refractivity contribution >= 4 is 0 Å². The molecule has 8 nitrogen and oxygen atoms in total. The normalized spacial score (nSPS) is 13.0. The number of aromatic nitrogens is 3. The van der Waals surface area contributed by atoms with Crippen molar-refractivity contribution in [3.05, 3.63) is 60.7 Å². The fourth-order valence-electron chi connectivity index (χ4n) is 6.37. The Hall–Kier alpha value is -4.33. The number of hydrogen-bond donors (Lipinski definition) is 2. The quantitative estimate of drug-likeness (QED) is 0.0735. The monoisotopic (exact) mass is 725 g/mol. The highest BCUT2D eigenvalue weighted by atomic mass is 16.5. The Morgan fingerprint density at radius 3 is 1.45 bits per heavy atom. The number of ether oxygens (including phenoxy) is 3. The molecule has 0 saturated heterocycles. The van der Waals surface area contributed by atoms with Gasteiger partial charge in [0.15, 0.2) is 17.5 Å². The summed E-state index contributed by atoms with van der Waals surface area (Å²) in [5.74, 6) is 4.70. The van der Waals surface area contributed by atoms with Crippen LogP contribution in [-0.2, 0) is 0 Å². The highest BCUT2D eigenvalue weighted by molar-refractivity contribution is 5.73. The van der Waals surface area contributed by atoms with Crippen LogP contribution in [-0.4, -0.2) is 45.0 Å². The first-order valence-electron chi connectivity index (χ1n) is 20.2. The Morgan fingerprint density at radius 2 is 0.962 bits per heavy atom. The lowest BCUT2D eigenvalue weighted by molar-refractivity contribution is 0.223. The van der Waals surface area contributed by atoms with Gasteiger partial charge < -0.3 is 24.4 Å². The molecule has 4 aromatic rings. The molecule has 3 atom stereocenters. The van der Waals surface area contributed by atoms with Crippen LogP contribution in [0.3, 0.4) is 0 Å². The SMILES string of the molecule is CCCCC(CC)COc1ccc(-c2nc(-c3ccc(O)cc3)nc(-c3ccc(OCC(CC)CCCC)cc3OCC(CC)CCCC)n2)c(O)c1. The topological polar surface area (TPSA) is 107 Å². The van der Waals surface area contributed by atoms with Crippen LogP contribution in [0.4, 0.5) is 0 Å². The zero-order valence-electron chi connectivity index (χ0n) is 33.1. The van der Waals surface area contributed by atoms with Crippen molar-refractivity contribution in [3.8, 4) is 62.9 Å². The average Bonchev–Trinajstić information content (AvgIpc) is 3.18. The maximum Gasteiger partial charge on any atom is 0.167 e. The third-order valence-corrected chi connectivity index (χ3v) is 10.2. The van der Waals surface area contributed by atoms with Crippen molar-refractivity contribution in [3.63, 3.8) is 0 Å². The zero-order valence-corrected chi connectivity index (χ0v) is 33.1. The molecule has 0 aliphatic heterocycles. The van der Waals surface area contributed by atoms with Gasteiger partial charge in [0.2, 0.25) is 0 Å². The van der Waals surface area contributed by atoms with E-state index in [1.807, 2.05) is 24.3 Å². The molecule has 1 heterocycles. The maximum atomic E-state index is 11.3. The molecular formula is C45H63N3O5. The van der Waals surface area contributed by atoms with E-state index < -0.39 is 0 Å². The van der Waals surface area contributed by atoms with E-state index in [9.17, 15) is 10.2 Å². The molecule has 3 unspecified atom stereocenters. The maximum absolute atomic E-state index is 11.3. The van der Waals surface area contributed by atoms with E-state index in [-0.39, 0.29) is 11.5 Å². The predicted octanol–water partition coefficient (Wildman–Crippen LogP) is 12.1. The molecule has 0 aliphatic carbocycles. The minimum absolute atomic E-state index is 0.0217. The first-order valence-corrected chi connectivity index (χ1v) is 20.2. The smallest absolute Gasteiger partial charge is 0.167 e. The first kappa shape index (κ1) is 41.4. The van der Waals surface area contributed by atoms with Crippen LogP contribution in [0.1, 0.15) is 119 Å². The van der Waals surface area contributed by atoms with Crippen molar-refractivity contribution in [2.75, 3.05) is 19.8 Å². The second-order valence-electron chi connectivity index (χ2n) is 14.4. The molecule has 53 heavy (non-hydrogen) atoms. The summed E-state index contributed by atoms with van der Waals surface area (Å²) >= 11 is 0. The van der Waals surface area contributed by atoms with Crippen LogP contribution in [0.15, 0.2) is 60.7 Å². The number of rotatable bonds is 24. The predicted molar refractivity (Wildman–Crippen MR) is 216 cm³/mol. The molecule has 0 fully saturated rings. The van der Waals surface area contributed by atoms with Gasteiger partial charge in [-0.05, 0) is 85.5 Å². The highest BCUT2D eigenvalue weighted by Crippen LogP contribution is 2.37. The van der Waals surface area contributed by atoms with Crippen LogP contribution in [0, 0.1) is 17.8 Å². The summed E-state index contributed by atoms with van der Waals surface area (Å²) in [6.07, 6.45) is 13.5. The highest BCUT2D eigenvalue weighted by Gasteiger charge is 2.20. The molecule has 3 aromatic carbocycles. The van der Waals surface area contributed by atoms with E-state index in [1.165, 1.54) is 19.3 Å². The molecular weight excluding hydrogens is 663 g/mol. The Balaban J connectivity index is 1.74. The summed E-state index contributed by atoms with van der Waals surface area (Å²) in [4.78, 5) is 14.7. The molecule has 0 amide bonds. The van der Waals surface area contributed by atoms with Crippen LogP contribution in [0.5, 0.6) is 28.7 Å². The number of unbranched alkanes of at least 4 members (excludes halogenated alkanes) is 3.